The second-order valence-corrected chi connectivity index (χ2v) is 8.35. The fourth-order valence-electron chi connectivity index (χ4n) is 4.87. The molecule has 4 N–H and O–H groups in total. The fraction of sp³-hybridized carbons (Fsp3) is 0.478. The van der Waals surface area contributed by atoms with Gasteiger partial charge in [-0.05, 0) is 46.0 Å². The maximum absolute atomic E-state index is 9.78. The van der Waals surface area contributed by atoms with Crippen LogP contribution in [0.25, 0.3) is 11.1 Å². The van der Waals surface area contributed by atoms with Crippen molar-refractivity contribution in [3.8, 4) is 11.1 Å². The van der Waals surface area contributed by atoms with Crippen LogP contribution in [0.3, 0.4) is 0 Å². The van der Waals surface area contributed by atoms with Crippen molar-refractivity contribution in [2.75, 3.05) is 0 Å². The summed E-state index contributed by atoms with van der Waals surface area (Å²) in [7, 11) is -2.99. The Morgan fingerprint density at radius 1 is 0.655 bits per heavy atom. The number of hydrogen-bond acceptors (Lipinski definition) is 4. The molecule has 6 heteroatoms. The zero-order chi connectivity index (χ0) is 21.0. The maximum atomic E-state index is 9.78. The molecule has 0 aliphatic heterocycles. The van der Waals surface area contributed by atoms with E-state index in [9.17, 15) is 20.1 Å². The van der Waals surface area contributed by atoms with Gasteiger partial charge in [-0.3, -0.25) is 0 Å². The molecule has 1 aliphatic rings. The topological polar surface area (TPSA) is 80.9 Å². The van der Waals surface area contributed by atoms with Crippen LogP contribution in [0.2, 0.25) is 0 Å². The Hall–Kier alpha value is -1.59. The monoisotopic (exact) mass is 394 g/mol. The highest BCUT2D eigenvalue weighted by Gasteiger charge is 2.43. The SMILES string of the molecule is CCCCCC1(CCCCC)c2cc(B(O)O)ccc2-c2ccc(B(O)O)cc21. The quantitative estimate of drug-likeness (QED) is 0.369. The minimum Gasteiger partial charge on any atom is -0.423 e. The summed E-state index contributed by atoms with van der Waals surface area (Å²) in [6.07, 6.45) is 8.67. The number of rotatable bonds is 10. The molecule has 0 unspecified atom stereocenters. The van der Waals surface area contributed by atoms with E-state index in [2.05, 4.69) is 13.8 Å². The van der Waals surface area contributed by atoms with Crippen molar-refractivity contribution in [1.29, 1.82) is 0 Å². The lowest BCUT2D eigenvalue weighted by atomic mass is 9.67. The lowest BCUT2D eigenvalue weighted by molar-refractivity contribution is 0.404. The lowest BCUT2D eigenvalue weighted by Crippen LogP contribution is -2.34. The molecule has 3 rings (SSSR count). The molecule has 2 aromatic carbocycles. The van der Waals surface area contributed by atoms with E-state index in [1.54, 1.807) is 12.1 Å². The normalized spacial score (nSPS) is 13.9. The van der Waals surface area contributed by atoms with Crippen LogP contribution < -0.4 is 10.9 Å². The largest absolute Gasteiger partial charge is 0.488 e. The van der Waals surface area contributed by atoms with Crippen molar-refractivity contribution < 1.29 is 20.1 Å². The Kier molecular flexibility index (Phi) is 7.23. The van der Waals surface area contributed by atoms with Crippen LogP contribution in [0.1, 0.15) is 76.3 Å². The predicted molar refractivity (Wildman–Crippen MR) is 121 cm³/mol. The van der Waals surface area contributed by atoms with Gasteiger partial charge in [0, 0.05) is 5.41 Å². The van der Waals surface area contributed by atoms with Gasteiger partial charge in [0.15, 0.2) is 0 Å². The van der Waals surface area contributed by atoms with Gasteiger partial charge >= 0.3 is 14.2 Å². The molecule has 2 aromatic rings. The first-order chi connectivity index (χ1) is 13.9. The van der Waals surface area contributed by atoms with E-state index in [1.807, 2.05) is 24.3 Å². The summed E-state index contributed by atoms with van der Waals surface area (Å²) < 4.78 is 0. The van der Waals surface area contributed by atoms with Gasteiger partial charge in [-0.1, -0.05) is 88.8 Å². The van der Waals surface area contributed by atoms with Crippen LogP contribution in [0.4, 0.5) is 0 Å². The lowest BCUT2D eigenvalue weighted by Gasteiger charge is -2.33. The smallest absolute Gasteiger partial charge is 0.423 e. The summed E-state index contributed by atoms with van der Waals surface area (Å²) in [5, 5.41) is 39.1. The van der Waals surface area contributed by atoms with Gasteiger partial charge < -0.3 is 20.1 Å². The fourth-order valence-corrected chi connectivity index (χ4v) is 4.87. The van der Waals surface area contributed by atoms with Crippen molar-refractivity contribution in [1.82, 2.24) is 0 Å². The first kappa shape index (κ1) is 22.1. The molecule has 0 heterocycles. The van der Waals surface area contributed by atoms with E-state index in [0.29, 0.717) is 10.9 Å². The van der Waals surface area contributed by atoms with Crippen LogP contribution >= 0.6 is 0 Å². The standard InChI is InChI=1S/C23H32B2O4/c1-3-5-7-13-23(14-8-6-4-2)21-15-17(24(26)27)9-11-19(21)20-12-10-18(25(28)29)16-22(20)23/h9-12,15-16,26-29H,3-8,13-14H2,1-2H3. The summed E-state index contributed by atoms with van der Waals surface area (Å²) in [6, 6.07) is 11.4. The molecule has 0 aromatic heterocycles. The highest BCUT2D eigenvalue weighted by molar-refractivity contribution is 6.59. The molecule has 1 aliphatic carbocycles. The predicted octanol–water partition coefficient (Wildman–Crippen LogP) is 2.47. The molecule has 0 saturated heterocycles. The third kappa shape index (κ3) is 4.31. The third-order valence-electron chi connectivity index (χ3n) is 6.42. The number of hydrogen-bond donors (Lipinski definition) is 4. The molecule has 0 atom stereocenters. The van der Waals surface area contributed by atoms with Crippen molar-refractivity contribution in [2.24, 2.45) is 0 Å². The summed E-state index contributed by atoms with van der Waals surface area (Å²) in [4.78, 5) is 0. The third-order valence-corrected chi connectivity index (χ3v) is 6.42. The molecule has 154 valence electrons. The Labute approximate surface area is 174 Å². The van der Waals surface area contributed by atoms with Crippen LogP contribution in [0.5, 0.6) is 0 Å². The molecule has 0 fully saturated rings. The van der Waals surface area contributed by atoms with Crippen LogP contribution in [0, 0.1) is 0 Å². The molecule has 0 amide bonds. The Balaban J connectivity index is 2.19. The van der Waals surface area contributed by atoms with Crippen LogP contribution in [0.15, 0.2) is 36.4 Å². The van der Waals surface area contributed by atoms with Gasteiger partial charge in [0.25, 0.3) is 0 Å². The highest BCUT2D eigenvalue weighted by atomic mass is 16.4. The molecule has 0 saturated carbocycles. The summed E-state index contributed by atoms with van der Waals surface area (Å²) in [5.41, 5.74) is 5.33. The minimum absolute atomic E-state index is 0.231. The summed E-state index contributed by atoms with van der Waals surface area (Å²) in [6.45, 7) is 4.39. The molecule has 29 heavy (non-hydrogen) atoms. The zero-order valence-corrected chi connectivity index (χ0v) is 17.6. The average molecular weight is 394 g/mol. The summed E-state index contributed by atoms with van der Waals surface area (Å²) in [5.74, 6) is 0. The van der Waals surface area contributed by atoms with E-state index in [0.717, 1.165) is 73.6 Å². The Bertz CT molecular complexity index is 766. The molecule has 4 nitrogen and oxygen atoms in total. The van der Waals surface area contributed by atoms with E-state index < -0.39 is 14.2 Å². The maximum Gasteiger partial charge on any atom is 0.488 e. The molecule has 0 bridgehead atoms. The second-order valence-electron chi connectivity index (χ2n) is 8.35. The van der Waals surface area contributed by atoms with Gasteiger partial charge in [-0.15, -0.1) is 0 Å². The molecular weight excluding hydrogens is 362 g/mol. The van der Waals surface area contributed by atoms with Crippen LogP contribution in [-0.4, -0.2) is 34.3 Å². The van der Waals surface area contributed by atoms with Crippen molar-refractivity contribution >= 4 is 25.2 Å². The highest BCUT2D eigenvalue weighted by Crippen LogP contribution is 2.53. The van der Waals surface area contributed by atoms with E-state index in [-0.39, 0.29) is 5.41 Å². The number of unbranched alkanes of at least 4 members (excludes halogenated alkanes) is 4. The zero-order valence-electron chi connectivity index (χ0n) is 17.6. The van der Waals surface area contributed by atoms with Crippen LogP contribution in [-0.2, 0) is 5.41 Å². The Morgan fingerprint density at radius 3 is 1.41 bits per heavy atom. The van der Waals surface area contributed by atoms with E-state index >= 15 is 0 Å². The molecular formula is C23H32B2O4. The van der Waals surface area contributed by atoms with Gasteiger partial charge in [-0.25, -0.2) is 0 Å². The van der Waals surface area contributed by atoms with E-state index in [4.69, 9.17) is 0 Å². The minimum atomic E-state index is -1.50. The van der Waals surface area contributed by atoms with E-state index in [1.165, 1.54) is 0 Å². The Morgan fingerprint density at radius 2 is 1.07 bits per heavy atom. The molecule has 0 spiro atoms. The van der Waals surface area contributed by atoms with Crippen molar-refractivity contribution in [3.63, 3.8) is 0 Å². The van der Waals surface area contributed by atoms with Gasteiger partial charge in [0.05, 0.1) is 0 Å². The first-order valence-corrected chi connectivity index (χ1v) is 11.0. The van der Waals surface area contributed by atoms with Gasteiger partial charge in [-0.2, -0.15) is 0 Å². The molecule has 0 radical (unpaired) electrons. The average Bonchev–Trinajstić information content (AvgIpc) is 2.97. The first-order valence-electron chi connectivity index (χ1n) is 11.0. The van der Waals surface area contributed by atoms with Gasteiger partial charge in [0.1, 0.15) is 0 Å². The van der Waals surface area contributed by atoms with Crippen molar-refractivity contribution in [2.45, 2.75) is 70.6 Å². The summed E-state index contributed by atoms with van der Waals surface area (Å²) >= 11 is 0. The second kappa shape index (κ2) is 9.48. The number of benzene rings is 2. The number of fused-ring (bicyclic) bond motifs is 3. The van der Waals surface area contributed by atoms with Crippen molar-refractivity contribution in [3.05, 3.63) is 47.5 Å². The van der Waals surface area contributed by atoms with Gasteiger partial charge in [0.2, 0.25) is 0 Å².